The van der Waals surface area contributed by atoms with Crippen LogP contribution in [-0.2, 0) is 19.3 Å². The van der Waals surface area contributed by atoms with Crippen LogP contribution in [0.5, 0.6) is 0 Å². The zero-order valence-corrected chi connectivity index (χ0v) is 32.2. The van der Waals surface area contributed by atoms with Gasteiger partial charge in [-0.2, -0.15) is 0 Å². The molecule has 0 aliphatic carbocycles. The maximum atomic E-state index is 4.20. The predicted molar refractivity (Wildman–Crippen MR) is 234 cm³/mol. The van der Waals surface area contributed by atoms with Crippen molar-refractivity contribution in [2.75, 3.05) is 0 Å². The van der Waals surface area contributed by atoms with Gasteiger partial charge in [-0.15, -0.1) is 0 Å². The van der Waals surface area contributed by atoms with E-state index in [1.54, 1.807) is 16.7 Å². The highest BCUT2D eigenvalue weighted by molar-refractivity contribution is 6.22. The van der Waals surface area contributed by atoms with Crippen molar-refractivity contribution in [3.05, 3.63) is 163 Å². The van der Waals surface area contributed by atoms with E-state index >= 15 is 0 Å². The van der Waals surface area contributed by atoms with Crippen LogP contribution >= 0.6 is 0 Å². The molecular weight excluding hydrogens is 651 g/mol. The fourth-order valence-corrected chi connectivity index (χ4v) is 8.61. The Morgan fingerprint density at radius 2 is 0.907 bits per heavy atom. The molecule has 0 saturated carbocycles. The van der Waals surface area contributed by atoms with Crippen molar-refractivity contribution in [2.45, 2.75) is 78.6 Å². The molecule has 0 N–H and O–H groups in total. The smallest absolute Gasteiger partial charge is 0.0273 e. The van der Waals surface area contributed by atoms with Crippen LogP contribution in [0.4, 0.5) is 0 Å². The fraction of sp³-hybridized carbons (Fsp3) is 0.226. The quantitative estimate of drug-likeness (QED) is 0.109. The summed E-state index contributed by atoms with van der Waals surface area (Å²) in [4.78, 5) is 4.20. The van der Waals surface area contributed by atoms with E-state index in [1.807, 2.05) is 12.4 Å². The Kier molecular flexibility index (Phi) is 10.7. The summed E-state index contributed by atoms with van der Waals surface area (Å²) < 4.78 is 0. The van der Waals surface area contributed by atoms with Gasteiger partial charge >= 0.3 is 0 Å². The summed E-state index contributed by atoms with van der Waals surface area (Å²) in [7, 11) is 0. The van der Waals surface area contributed by atoms with Gasteiger partial charge in [0.25, 0.3) is 0 Å². The first-order valence-corrected chi connectivity index (χ1v) is 20.3. The van der Waals surface area contributed by atoms with E-state index < -0.39 is 0 Å². The predicted octanol–water partition coefficient (Wildman–Crippen LogP) is 15.2. The third-order valence-electron chi connectivity index (χ3n) is 11.4. The average Bonchev–Trinajstić information content (AvgIpc) is 3.23. The zero-order chi connectivity index (χ0) is 36.9. The van der Waals surface area contributed by atoms with Gasteiger partial charge in [0.2, 0.25) is 0 Å². The van der Waals surface area contributed by atoms with Crippen molar-refractivity contribution in [3.8, 4) is 44.5 Å². The van der Waals surface area contributed by atoms with E-state index in [0.717, 1.165) is 6.42 Å². The molecule has 0 unspecified atom stereocenters. The Bertz CT molecular complexity index is 2500. The van der Waals surface area contributed by atoms with Crippen LogP contribution in [0.25, 0.3) is 76.8 Å². The van der Waals surface area contributed by atoms with Gasteiger partial charge in [-0.25, -0.2) is 0 Å². The van der Waals surface area contributed by atoms with Crippen LogP contribution in [-0.4, -0.2) is 4.98 Å². The molecule has 0 amide bonds. The molecule has 0 spiro atoms. The molecule has 8 rings (SSSR count). The molecular formula is C53H51N. The van der Waals surface area contributed by atoms with Crippen LogP contribution < -0.4 is 0 Å². The lowest BCUT2D eigenvalue weighted by molar-refractivity contribution is 0.736. The summed E-state index contributed by atoms with van der Waals surface area (Å²) in [5.74, 6) is 0. The van der Waals surface area contributed by atoms with Crippen molar-refractivity contribution in [1.29, 1.82) is 0 Å². The Morgan fingerprint density at radius 1 is 0.389 bits per heavy atom. The molecule has 7 aromatic carbocycles. The molecule has 1 aromatic heterocycles. The molecule has 0 bridgehead atoms. The lowest BCUT2D eigenvalue weighted by Gasteiger charge is -2.23. The zero-order valence-electron chi connectivity index (χ0n) is 32.2. The Balaban J connectivity index is 1.28. The van der Waals surface area contributed by atoms with Gasteiger partial charge in [-0.05, 0) is 162 Å². The summed E-state index contributed by atoms with van der Waals surface area (Å²) >= 11 is 0. The Morgan fingerprint density at radius 3 is 1.54 bits per heavy atom. The molecule has 0 saturated heterocycles. The highest BCUT2D eigenvalue weighted by atomic mass is 14.6. The number of hydrogen-bond donors (Lipinski definition) is 0. The molecule has 0 aliphatic heterocycles. The lowest BCUT2D eigenvalue weighted by Crippen LogP contribution is -2.05. The van der Waals surface area contributed by atoms with Crippen LogP contribution in [0.1, 0.15) is 76.0 Å². The van der Waals surface area contributed by atoms with Crippen molar-refractivity contribution in [1.82, 2.24) is 4.98 Å². The second-order valence-electron chi connectivity index (χ2n) is 15.0. The van der Waals surface area contributed by atoms with Gasteiger partial charge < -0.3 is 0 Å². The van der Waals surface area contributed by atoms with Crippen LogP contribution in [0, 0.1) is 0 Å². The Labute approximate surface area is 321 Å². The van der Waals surface area contributed by atoms with Gasteiger partial charge in [-0.3, -0.25) is 4.98 Å². The van der Waals surface area contributed by atoms with E-state index in [1.165, 1.54) is 128 Å². The normalized spacial score (nSPS) is 11.5. The number of benzene rings is 7. The standard InChI is InChI=1S/C53H51N/c1-4-7-15-38-28-29-51(46(19-9-6-3)45(38)18-8-5-2)53-49-22-12-10-20-47(49)52(48-21-11-13-23-50(48)53)44-27-26-42-35-41(24-25-43(42)36-44)40-17-14-16-39(34-40)37-30-32-54-33-31-37/h10-14,16-17,20-36H,4-9,15,18-19H2,1-3H3. The SMILES string of the molecule is CCCCc1ccc(-c2c3ccccc3c(-c3ccc4cc(-c5cccc(-c6ccncc6)c5)ccc4c3)c3ccccc23)c(CCCC)c1CCCC. The summed E-state index contributed by atoms with van der Waals surface area (Å²) in [5, 5.41) is 7.83. The maximum absolute atomic E-state index is 4.20. The molecule has 54 heavy (non-hydrogen) atoms. The van der Waals surface area contributed by atoms with Crippen molar-refractivity contribution in [3.63, 3.8) is 0 Å². The minimum absolute atomic E-state index is 1.13. The van der Waals surface area contributed by atoms with Gasteiger partial charge in [0.05, 0.1) is 0 Å². The van der Waals surface area contributed by atoms with Crippen molar-refractivity contribution in [2.24, 2.45) is 0 Å². The molecule has 1 heteroatoms. The number of aromatic nitrogens is 1. The molecule has 268 valence electrons. The second kappa shape index (κ2) is 16.2. The first-order valence-electron chi connectivity index (χ1n) is 20.3. The minimum atomic E-state index is 1.13. The third-order valence-corrected chi connectivity index (χ3v) is 11.4. The van der Waals surface area contributed by atoms with Crippen LogP contribution in [0.15, 0.2) is 146 Å². The van der Waals surface area contributed by atoms with Crippen molar-refractivity contribution >= 4 is 32.3 Å². The number of unbranched alkanes of at least 4 members (excludes halogenated alkanes) is 3. The summed E-state index contributed by atoms with van der Waals surface area (Å²) in [6.07, 6.45) is 14.6. The summed E-state index contributed by atoms with van der Waals surface area (Å²) in [6, 6.07) is 50.2. The minimum Gasteiger partial charge on any atom is -0.265 e. The number of pyridine rings is 1. The van der Waals surface area contributed by atoms with Gasteiger partial charge in [0.15, 0.2) is 0 Å². The molecule has 1 heterocycles. The number of nitrogens with zero attached hydrogens (tertiary/aromatic N) is 1. The monoisotopic (exact) mass is 701 g/mol. The van der Waals surface area contributed by atoms with Crippen molar-refractivity contribution < 1.29 is 0 Å². The van der Waals surface area contributed by atoms with E-state index in [9.17, 15) is 0 Å². The molecule has 0 atom stereocenters. The van der Waals surface area contributed by atoms with Crippen LogP contribution in [0.3, 0.4) is 0 Å². The maximum Gasteiger partial charge on any atom is 0.0273 e. The second-order valence-corrected chi connectivity index (χ2v) is 15.0. The molecule has 1 nitrogen and oxygen atoms in total. The molecule has 0 aliphatic rings. The molecule has 0 radical (unpaired) electrons. The van der Waals surface area contributed by atoms with E-state index in [4.69, 9.17) is 0 Å². The van der Waals surface area contributed by atoms with E-state index in [2.05, 4.69) is 159 Å². The van der Waals surface area contributed by atoms with Gasteiger partial charge in [0.1, 0.15) is 0 Å². The first-order chi connectivity index (χ1) is 26.7. The lowest BCUT2D eigenvalue weighted by atomic mass is 9.81. The fourth-order valence-electron chi connectivity index (χ4n) is 8.61. The van der Waals surface area contributed by atoms with Crippen LogP contribution in [0.2, 0.25) is 0 Å². The van der Waals surface area contributed by atoms with Gasteiger partial charge in [-0.1, -0.05) is 143 Å². The molecule has 8 aromatic rings. The van der Waals surface area contributed by atoms with E-state index in [0.29, 0.717) is 0 Å². The third kappa shape index (κ3) is 6.96. The van der Waals surface area contributed by atoms with E-state index in [-0.39, 0.29) is 0 Å². The number of aryl methyl sites for hydroxylation is 1. The first kappa shape index (κ1) is 35.5. The summed E-state index contributed by atoms with van der Waals surface area (Å²) in [5.41, 5.74) is 15.0. The highest BCUT2D eigenvalue weighted by Crippen LogP contribution is 2.46. The summed E-state index contributed by atoms with van der Waals surface area (Å²) in [6.45, 7) is 6.98. The average molecular weight is 702 g/mol. The number of fused-ring (bicyclic) bond motifs is 3. The number of hydrogen-bond acceptors (Lipinski definition) is 1. The topological polar surface area (TPSA) is 12.9 Å². The molecule has 0 fully saturated rings. The largest absolute Gasteiger partial charge is 0.265 e. The number of rotatable bonds is 13. The Hall–Kier alpha value is -5.53. The highest BCUT2D eigenvalue weighted by Gasteiger charge is 2.21. The van der Waals surface area contributed by atoms with Gasteiger partial charge in [0, 0.05) is 12.4 Å².